The third-order valence-electron chi connectivity index (χ3n) is 2.70. The molecule has 102 valence electrons. The molecule has 0 aliphatic carbocycles. The molecule has 0 spiro atoms. The fraction of sp³-hybridized carbons (Fsp3) is 0.778. The Hall–Kier alpha value is -1.03. The van der Waals surface area contributed by atoms with Crippen LogP contribution in [0.25, 0.3) is 0 Å². The van der Waals surface area contributed by atoms with E-state index >= 15 is 0 Å². The van der Waals surface area contributed by atoms with Crippen molar-refractivity contribution in [1.82, 2.24) is 29.1 Å². The quantitative estimate of drug-likeness (QED) is 0.654. The van der Waals surface area contributed by atoms with E-state index in [1.807, 2.05) is 0 Å². The van der Waals surface area contributed by atoms with E-state index in [-0.39, 0.29) is 0 Å². The van der Waals surface area contributed by atoms with Crippen molar-refractivity contribution in [3.63, 3.8) is 0 Å². The van der Waals surface area contributed by atoms with Crippen molar-refractivity contribution in [2.45, 2.75) is 6.42 Å². The fourth-order valence-corrected chi connectivity index (χ4v) is 2.97. The zero-order valence-corrected chi connectivity index (χ0v) is 11.2. The first-order chi connectivity index (χ1) is 8.58. The smallest absolute Gasteiger partial charge is 0.279 e. The highest BCUT2D eigenvalue weighted by atomic mass is 32.2. The van der Waals surface area contributed by atoms with Crippen LogP contribution >= 0.6 is 0 Å². The van der Waals surface area contributed by atoms with Gasteiger partial charge in [0.05, 0.1) is 0 Å². The molecule has 0 saturated carbocycles. The predicted molar refractivity (Wildman–Crippen MR) is 66.1 cm³/mol. The lowest BCUT2D eigenvalue weighted by molar-refractivity contribution is 0.355. The van der Waals surface area contributed by atoms with Crippen molar-refractivity contribution in [2.24, 2.45) is 7.05 Å². The van der Waals surface area contributed by atoms with Crippen LogP contribution < -0.4 is 10.0 Å². The Balaban J connectivity index is 1.81. The summed E-state index contributed by atoms with van der Waals surface area (Å²) in [5.74, 6) is 0.639. The second-order valence-corrected chi connectivity index (χ2v) is 5.89. The van der Waals surface area contributed by atoms with Crippen LogP contribution in [0.1, 0.15) is 5.82 Å². The minimum atomic E-state index is -3.37. The van der Waals surface area contributed by atoms with Crippen LogP contribution in [0.4, 0.5) is 0 Å². The first-order valence-corrected chi connectivity index (χ1v) is 7.32. The Kier molecular flexibility index (Phi) is 4.27. The third kappa shape index (κ3) is 3.48. The highest BCUT2D eigenvalue weighted by molar-refractivity contribution is 7.87. The molecule has 2 N–H and O–H groups in total. The lowest BCUT2D eigenvalue weighted by Crippen LogP contribution is -2.50. The number of hydrogen-bond acceptors (Lipinski definition) is 5. The summed E-state index contributed by atoms with van der Waals surface area (Å²) >= 11 is 0. The first kappa shape index (κ1) is 13.4. The molecule has 1 fully saturated rings. The van der Waals surface area contributed by atoms with Gasteiger partial charge in [-0.25, -0.2) is 9.71 Å². The van der Waals surface area contributed by atoms with Crippen molar-refractivity contribution in [2.75, 3.05) is 32.7 Å². The van der Waals surface area contributed by atoms with Gasteiger partial charge in [0.15, 0.2) is 5.82 Å². The molecule has 0 amide bonds. The molecule has 0 radical (unpaired) electrons. The van der Waals surface area contributed by atoms with Crippen molar-refractivity contribution >= 4 is 10.2 Å². The lowest BCUT2D eigenvalue weighted by Gasteiger charge is -2.26. The van der Waals surface area contributed by atoms with E-state index in [9.17, 15) is 8.42 Å². The van der Waals surface area contributed by atoms with Crippen LogP contribution in [0.5, 0.6) is 0 Å². The summed E-state index contributed by atoms with van der Waals surface area (Å²) in [5.41, 5.74) is 0. The zero-order valence-electron chi connectivity index (χ0n) is 10.3. The highest BCUT2D eigenvalue weighted by Crippen LogP contribution is 2.00. The van der Waals surface area contributed by atoms with Crippen LogP contribution in [0.2, 0.25) is 0 Å². The number of rotatable bonds is 5. The molecule has 18 heavy (non-hydrogen) atoms. The molecule has 1 aliphatic rings. The van der Waals surface area contributed by atoms with Gasteiger partial charge in [-0.15, -0.1) is 0 Å². The highest BCUT2D eigenvalue weighted by Gasteiger charge is 2.22. The second kappa shape index (κ2) is 5.74. The molecule has 0 bridgehead atoms. The molecule has 0 aromatic carbocycles. The monoisotopic (exact) mass is 274 g/mol. The van der Waals surface area contributed by atoms with Gasteiger partial charge in [0.1, 0.15) is 6.33 Å². The van der Waals surface area contributed by atoms with Gasteiger partial charge in [-0.1, -0.05) is 0 Å². The Bertz CT molecular complexity index is 479. The van der Waals surface area contributed by atoms with Gasteiger partial charge < -0.3 is 5.32 Å². The molecule has 0 atom stereocenters. The maximum absolute atomic E-state index is 11.9. The summed E-state index contributed by atoms with van der Waals surface area (Å²) in [6, 6.07) is 0. The van der Waals surface area contributed by atoms with Crippen LogP contribution in [-0.2, 0) is 23.7 Å². The summed E-state index contributed by atoms with van der Waals surface area (Å²) < 4.78 is 29.5. The van der Waals surface area contributed by atoms with Crippen molar-refractivity contribution in [3.8, 4) is 0 Å². The van der Waals surface area contributed by atoms with Gasteiger partial charge in [0.25, 0.3) is 10.2 Å². The van der Waals surface area contributed by atoms with Crippen molar-refractivity contribution in [3.05, 3.63) is 12.2 Å². The zero-order chi connectivity index (χ0) is 13.0. The molecular weight excluding hydrogens is 256 g/mol. The number of nitrogens with one attached hydrogen (secondary N) is 2. The average molecular weight is 274 g/mol. The first-order valence-electron chi connectivity index (χ1n) is 5.88. The molecule has 1 aromatic heterocycles. The van der Waals surface area contributed by atoms with Gasteiger partial charge in [-0.05, 0) is 0 Å². The minimum Gasteiger partial charge on any atom is -0.314 e. The summed E-state index contributed by atoms with van der Waals surface area (Å²) in [6.07, 6.45) is 2.09. The summed E-state index contributed by atoms with van der Waals surface area (Å²) in [7, 11) is -1.59. The SMILES string of the molecule is Cn1cnc(CCNS(=O)(=O)N2CCNCC2)n1. The maximum Gasteiger partial charge on any atom is 0.279 e. The standard InChI is InChI=1S/C9H18N6O2S/c1-14-8-11-9(13-14)2-3-12-18(16,17)15-6-4-10-5-7-15/h8,10,12H,2-7H2,1H3. The van der Waals surface area contributed by atoms with Crippen LogP contribution in [0, 0.1) is 0 Å². The summed E-state index contributed by atoms with van der Waals surface area (Å²) in [5, 5.41) is 7.20. The largest absolute Gasteiger partial charge is 0.314 e. The average Bonchev–Trinajstić information content (AvgIpc) is 2.76. The van der Waals surface area contributed by atoms with E-state index in [2.05, 4.69) is 20.1 Å². The fourth-order valence-electron chi connectivity index (χ4n) is 1.77. The van der Waals surface area contributed by atoms with Gasteiger partial charge in [-0.3, -0.25) is 4.68 Å². The molecule has 2 rings (SSSR count). The molecule has 1 aliphatic heterocycles. The normalized spacial score (nSPS) is 18.1. The van der Waals surface area contributed by atoms with E-state index in [1.165, 1.54) is 4.31 Å². The van der Waals surface area contributed by atoms with Crippen molar-refractivity contribution in [1.29, 1.82) is 0 Å². The number of aromatic nitrogens is 3. The molecule has 0 unspecified atom stereocenters. The Morgan fingerprint density at radius 3 is 2.78 bits per heavy atom. The number of nitrogens with zero attached hydrogens (tertiary/aromatic N) is 4. The van der Waals surface area contributed by atoms with Gasteiger partial charge >= 0.3 is 0 Å². The molecule has 2 heterocycles. The summed E-state index contributed by atoms with van der Waals surface area (Å²) in [6.45, 7) is 2.73. The predicted octanol–water partition coefficient (Wildman–Crippen LogP) is -1.90. The van der Waals surface area contributed by atoms with Crippen LogP contribution in [-0.4, -0.2) is 60.2 Å². The molecule has 8 nitrogen and oxygen atoms in total. The topological polar surface area (TPSA) is 92.2 Å². The van der Waals surface area contributed by atoms with E-state index in [0.717, 1.165) is 0 Å². The Morgan fingerprint density at radius 1 is 1.44 bits per heavy atom. The maximum atomic E-state index is 11.9. The Morgan fingerprint density at radius 2 is 2.17 bits per heavy atom. The third-order valence-corrected chi connectivity index (χ3v) is 4.31. The number of hydrogen-bond donors (Lipinski definition) is 2. The summed E-state index contributed by atoms with van der Waals surface area (Å²) in [4.78, 5) is 4.04. The van der Waals surface area contributed by atoms with E-state index in [1.54, 1.807) is 18.1 Å². The molecule has 1 aromatic rings. The molecular formula is C9H18N6O2S. The minimum absolute atomic E-state index is 0.316. The van der Waals surface area contributed by atoms with Crippen LogP contribution in [0.15, 0.2) is 6.33 Å². The second-order valence-electron chi connectivity index (χ2n) is 4.13. The van der Waals surface area contributed by atoms with E-state index < -0.39 is 10.2 Å². The van der Waals surface area contributed by atoms with E-state index in [0.29, 0.717) is 45.0 Å². The molecule has 9 heteroatoms. The van der Waals surface area contributed by atoms with Crippen molar-refractivity contribution < 1.29 is 8.42 Å². The Labute approximate surface area is 107 Å². The lowest BCUT2D eigenvalue weighted by atomic mass is 10.4. The number of piperazine rings is 1. The van der Waals surface area contributed by atoms with Crippen LogP contribution in [0.3, 0.4) is 0 Å². The molecule has 1 saturated heterocycles. The van der Waals surface area contributed by atoms with E-state index in [4.69, 9.17) is 0 Å². The van der Waals surface area contributed by atoms with Gasteiger partial charge in [-0.2, -0.15) is 17.8 Å². The van der Waals surface area contributed by atoms with Gasteiger partial charge in [0.2, 0.25) is 0 Å². The van der Waals surface area contributed by atoms with Gasteiger partial charge in [0, 0.05) is 46.2 Å². The number of aryl methyl sites for hydroxylation is 1.